The Morgan fingerprint density at radius 1 is 1.23 bits per heavy atom. The molecule has 0 saturated heterocycles. The van der Waals surface area contributed by atoms with Gasteiger partial charge in [-0.05, 0) is 30.5 Å². The van der Waals surface area contributed by atoms with Gasteiger partial charge in [0.15, 0.2) is 5.65 Å². The fraction of sp³-hybridized carbons (Fsp3) is 0.267. The van der Waals surface area contributed by atoms with Crippen LogP contribution in [0.2, 0.25) is 0 Å². The third-order valence-electron chi connectivity index (χ3n) is 3.64. The summed E-state index contributed by atoms with van der Waals surface area (Å²) in [5.41, 5.74) is -0.863. The number of rotatable bonds is 5. The number of aryl methyl sites for hydroxylation is 1. The lowest BCUT2D eigenvalue weighted by molar-refractivity contribution is -0.137. The van der Waals surface area contributed by atoms with E-state index in [0.29, 0.717) is 25.6 Å². The predicted molar refractivity (Wildman–Crippen MR) is 91.9 cm³/mol. The number of aromatic nitrogens is 4. The zero-order chi connectivity index (χ0) is 18.0. The number of hydrogen-bond donors (Lipinski definition) is 3. The molecule has 7 nitrogen and oxygen atoms in total. The van der Waals surface area contributed by atoms with Gasteiger partial charge in [-0.3, -0.25) is 4.79 Å². The molecule has 3 N–H and O–H groups in total. The third kappa shape index (κ3) is 4.26. The second-order valence-corrected chi connectivity index (χ2v) is 5.45. The van der Waals surface area contributed by atoms with Crippen molar-refractivity contribution in [2.45, 2.75) is 19.0 Å². The van der Waals surface area contributed by atoms with Gasteiger partial charge in [0.05, 0.1) is 11.3 Å². The van der Waals surface area contributed by atoms with Crippen LogP contribution in [0.3, 0.4) is 0 Å². The normalized spacial score (nSPS) is 11.3. The largest absolute Gasteiger partial charge is 0.417 e. The number of hydrogen-bond acceptors (Lipinski definition) is 4. The molecule has 140 valence electrons. The monoisotopic (exact) mass is 389 g/mol. The highest BCUT2D eigenvalue weighted by molar-refractivity contribution is 5.85. The number of halogens is 4. The molecule has 0 saturated carbocycles. The summed E-state index contributed by atoms with van der Waals surface area (Å²) in [5, 5.41) is 8.74. The predicted octanol–water partition coefficient (Wildman–Crippen LogP) is 2.20. The molecule has 0 radical (unpaired) electrons. The van der Waals surface area contributed by atoms with Crippen LogP contribution < -0.4 is 16.6 Å². The first-order valence-electron chi connectivity index (χ1n) is 7.44. The van der Waals surface area contributed by atoms with E-state index in [2.05, 4.69) is 20.5 Å². The third-order valence-corrected chi connectivity index (χ3v) is 3.64. The van der Waals surface area contributed by atoms with Gasteiger partial charge in [0, 0.05) is 25.0 Å². The summed E-state index contributed by atoms with van der Waals surface area (Å²) >= 11 is 0. The first-order valence-corrected chi connectivity index (χ1v) is 7.44. The van der Waals surface area contributed by atoms with Crippen molar-refractivity contribution in [3.05, 3.63) is 62.6 Å². The van der Waals surface area contributed by atoms with Crippen molar-refractivity contribution < 1.29 is 13.2 Å². The summed E-state index contributed by atoms with van der Waals surface area (Å²) in [6.45, 7) is 0.352. The average Bonchev–Trinajstić information content (AvgIpc) is 2.92. The molecule has 0 aliphatic rings. The molecule has 0 aliphatic carbocycles. The van der Waals surface area contributed by atoms with Crippen molar-refractivity contribution in [3.63, 3.8) is 0 Å². The van der Waals surface area contributed by atoms with Gasteiger partial charge in [-0.1, -0.05) is 0 Å². The van der Waals surface area contributed by atoms with E-state index in [0.717, 1.165) is 16.0 Å². The second kappa shape index (κ2) is 7.65. The maximum atomic E-state index is 13.0. The van der Waals surface area contributed by atoms with Crippen LogP contribution in [0.4, 0.5) is 18.9 Å². The quantitative estimate of drug-likeness (QED) is 0.583. The Morgan fingerprint density at radius 2 is 2.00 bits per heavy atom. The molecule has 11 heteroatoms. The molecule has 0 atom stereocenters. The molecule has 0 amide bonds. The number of aromatic amines is 2. The maximum absolute atomic E-state index is 13.0. The minimum Gasteiger partial charge on any atom is -0.382 e. The van der Waals surface area contributed by atoms with Crippen molar-refractivity contribution in [2.75, 3.05) is 11.9 Å². The summed E-state index contributed by atoms with van der Waals surface area (Å²) in [6.07, 6.45) is -1.16. The Bertz CT molecular complexity index is 1010. The van der Waals surface area contributed by atoms with Crippen molar-refractivity contribution in [3.8, 4) is 0 Å². The van der Waals surface area contributed by atoms with Gasteiger partial charge >= 0.3 is 11.9 Å². The molecular formula is C15H15ClF3N5O2. The van der Waals surface area contributed by atoms with Gasteiger partial charge in [-0.2, -0.15) is 18.3 Å². The fourth-order valence-electron chi connectivity index (χ4n) is 2.46. The van der Waals surface area contributed by atoms with Crippen LogP contribution in [-0.2, 0) is 12.6 Å². The van der Waals surface area contributed by atoms with Crippen LogP contribution in [0.1, 0.15) is 17.5 Å². The number of H-pyrrole nitrogens is 2. The van der Waals surface area contributed by atoms with E-state index in [1.807, 2.05) is 0 Å². The van der Waals surface area contributed by atoms with Crippen molar-refractivity contribution >= 4 is 23.7 Å². The topological polar surface area (TPSA) is 95.1 Å². The van der Waals surface area contributed by atoms with Gasteiger partial charge in [-0.25, -0.2) is 14.3 Å². The van der Waals surface area contributed by atoms with E-state index in [9.17, 15) is 22.8 Å². The van der Waals surface area contributed by atoms with Gasteiger partial charge in [0.25, 0.3) is 0 Å². The lowest BCUT2D eigenvalue weighted by atomic mass is 10.1. The van der Waals surface area contributed by atoms with Crippen molar-refractivity contribution in [1.29, 1.82) is 0 Å². The van der Waals surface area contributed by atoms with Crippen LogP contribution in [0.5, 0.6) is 0 Å². The zero-order valence-electron chi connectivity index (χ0n) is 13.3. The number of nitrogens with one attached hydrogen (secondary N) is 3. The molecule has 0 bridgehead atoms. The van der Waals surface area contributed by atoms with Crippen LogP contribution in [0.25, 0.3) is 5.65 Å². The van der Waals surface area contributed by atoms with Gasteiger partial charge < -0.3 is 10.3 Å². The fourth-order valence-corrected chi connectivity index (χ4v) is 2.46. The van der Waals surface area contributed by atoms with Crippen LogP contribution in [-0.4, -0.2) is 26.1 Å². The highest BCUT2D eigenvalue weighted by atomic mass is 35.5. The lowest BCUT2D eigenvalue weighted by Gasteiger charge is -2.12. The summed E-state index contributed by atoms with van der Waals surface area (Å²) < 4.78 is 39.7. The van der Waals surface area contributed by atoms with E-state index < -0.39 is 17.4 Å². The minimum atomic E-state index is -4.58. The number of pyridine rings is 2. The number of fused-ring (bicyclic) bond motifs is 1. The second-order valence-electron chi connectivity index (χ2n) is 5.45. The zero-order valence-corrected chi connectivity index (χ0v) is 14.1. The smallest absolute Gasteiger partial charge is 0.382 e. The average molecular weight is 390 g/mol. The molecule has 3 aromatic rings. The maximum Gasteiger partial charge on any atom is 0.417 e. The Labute approximate surface area is 150 Å². The molecule has 3 heterocycles. The highest BCUT2D eigenvalue weighted by Gasteiger charge is 2.32. The Balaban J connectivity index is 0.00000243. The molecule has 3 rings (SSSR count). The van der Waals surface area contributed by atoms with Crippen molar-refractivity contribution in [2.24, 2.45) is 0 Å². The summed E-state index contributed by atoms with van der Waals surface area (Å²) in [4.78, 5) is 25.3. The molecule has 0 spiro atoms. The number of anilines is 1. The number of nitrogens with zero attached hydrogens (tertiary/aromatic N) is 2. The van der Waals surface area contributed by atoms with Gasteiger partial charge in [0.1, 0.15) is 0 Å². The SMILES string of the molecule is Cl.O=c1cc(CCCNc2cc(C(F)(F)F)cn3c(=O)[nH]nc23)cc[nH]1. The number of alkyl halides is 3. The summed E-state index contributed by atoms with van der Waals surface area (Å²) in [7, 11) is 0. The highest BCUT2D eigenvalue weighted by Crippen LogP contribution is 2.31. The standard InChI is InChI=1S/C15H14F3N5O2.ClH/c16-15(17,18)10-7-11(13-21-22-14(25)23(13)8-10)19-4-1-2-9-3-5-20-12(24)6-9;/h3,5-8,19H,1-2,4H2,(H,20,24)(H,22,25);1H. The molecule has 0 fully saturated rings. The van der Waals surface area contributed by atoms with E-state index in [4.69, 9.17) is 0 Å². The molecule has 3 aromatic heterocycles. The van der Waals surface area contributed by atoms with Crippen LogP contribution in [0.15, 0.2) is 40.2 Å². The molecule has 0 aliphatic heterocycles. The van der Waals surface area contributed by atoms with E-state index >= 15 is 0 Å². The van der Waals surface area contributed by atoms with Crippen molar-refractivity contribution in [1.82, 2.24) is 19.6 Å². The van der Waals surface area contributed by atoms with Gasteiger partial charge in [-0.15, -0.1) is 12.4 Å². The van der Waals surface area contributed by atoms with E-state index in [-0.39, 0.29) is 29.3 Å². The van der Waals surface area contributed by atoms with Gasteiger partial charge in [0.2, 0.25) is 5.56 Å². The molecule has 0 aromatic carbocycles. The van der Waals surface area contributed by atoms with Crippen LogP contribution >= 0.6 is 12.4 Å². The first kappa shape index (κ1) is 19.6. The van der Waals surface area contributed by atoms with E-state index in [1.165, 1.54) is 12.3 Å². The van der Waals surface area contributed by atoms with E-state index in [1.54, 1.807) is 6.07 Å². The first-order chi connectivity index (χ1) is 11.8. The molecular weight excluding hydrogens is 375 g/mol. The lowest BCUT2D eigenvalue weighted by Crippen LogP contribution is -2.15. The summed E-state index contributed by atoms with van der Waals surface area (Å²) in [6, 6.07) is 4.15. The Kier molecular flexibility index (Phi) is 5.76. The van der Waals surface area contributed by atoms with Crippen LogP contribution in [0, 0.1) is 0 Å². The molecule has 26 heavy (non-hydrogen) atoms. The molecule has 0 unspecified atom stereocenters. The summed E-state index contributed by atoms with van der Waals surface area (Å²) in [5.74, 6) is 0. The Hall–Kier alpha value is -2.75. The minimum absolute atomic E-state index is 0. The Morgan fingerprint density at radius 3 is 2.69 bits per heavy atom.